The molecular formula is C15H17NOS2. The predicted octanol–water partition coefficient (Wildman–Crippen LogP) is 3.91. The van der Waals surface area contributed by atoms with Crippen molar-refractivity contribution in [1.82, 2.24) is 4.90 Å². The molecule has 0 aliphatic carbocycles. The first kappa shape index (κ1) is 14.3. The molecule has 0 bridgehead atoms. The number of carbonyl (C=O) groups is 1. The SMILES string of the molecule is Cc1ccc(/C=C2/SC(=S)N(C(C)C)C2=O)c(C)c1. The van der Waals surface area contributed by atoms with Gasteiger partial charge in [0.1, 0.15) is 4.32 Å². The van der Waals surface area contributed by atoms with Crippen molar-refractivity contribution in [1.29, 1.82) is 0 Å². The van der Waals surface area contributed by atoms with Crippen molar-refractivity contribution in [2.24, 2.45) is 0 Å². The fourth-order valence-corrected chi connectivity index (χ4v) is 3.57. The monoisotopic (exact) mass is 291 g/mol. The standard InChI is InChI=1S/C15H17NOS2/c1-9(2)16-14(17)13(19-15(16)18)8-12-6-5-10(3)7-11(12)4/h5-9H,1-4H3/b13-8+. The van der Waals surface area contributed by atoms with Crippen LogP contribution >= 0.6 is 24.0 Å². The highest BCUT2D eigenvalue weighted by Gasteiger charge is 2.33. The molecule has 0 spiro atoms. The van der Waals surface area contributed by atoms with Gasteiger partial charge in [-0.3, -0.25) is 9.69 Å². The average Bonchev–Trinajstić information content (AvgIpc) is 2.58. The third-order valence-corrected chi connectivity index (χ3v) is 4.38. The number of nitrogens with zero attached hydrogens (tertiary/aromatic N) is 1. The van der Waals surface area contributed by atoms with Gasteiger partial charge in [0, 0.05) is 6.04 Å². The van der Waals surface area contributed by atoms with Crippen molar-refractivity contribution in [3.05, 3.63) is 39.8 Å². The smallest absolute Gasteiger partial charge is 0.266 e. The van der Waals surface area contributed by atoms with Crippen LogP contribution in [-0.4, -0.2) is 21.2 Å². The van der Waals surface area contributed by atoms with Crippen LogP contribution in [0.25, 0.3) is 6.08 Å². The Morgan fingerprint density at radius 2 is 2.00 bits per heavy atom. The second kappa shape index (κ2) is 5.47. The average molecular weight is 291 g/mol. The minimum Gasteiger partial charge on any atom is -0.290 e. The maximum atomic E-state index is 12.3. The molecule has 1 aromatic rings. The molecule has 1 saturated heterocycles. The molecule has 1 heterocycles. The summed E-state index contributed by atoms with van der Waals surface area (Å²) in [6.45, 7) is 8.08. The summed E-state index contributed by atoms with van der Waals surface area (Å²) in [5.74, 6) is 0.0185. The molecule has 0 unspecified atom stereocenters. The van der Waals surface area contributed by atoms with Gasteiger partial charge < -0.3 is 0 Å². The number of hydrogen-bond donors (Lipinski definition) is 0. The summed E-state index contributed by atoms with van der Waals surface area (Å²) < 4.78 is 0.649. The van der Waals surface area contributed by atoms with E-state index in [0.717, 1.165) is 5.56 Å². The second-order valence-electron chi connectivity index (χ2n) is 5.01. The lowest BCUT2D eigenvalue weighted by atomic mass is 10.1. The Balaban J connectivity index is 2.35. The number of amides is 1. The number of rotatable bonds is 2. The Kier molecular flexibility index (Phi) is 4.11. The third kappa shape index (κ3) is 2.90. The fourth-order valence-electron chi connectivity index (χ4n) is 2.05. The summed E-state index contributed by atoms with van der Waals surface area (Å²) >= 11 is 6.65. The summed E-state index contributed by atoms with van der Waals surface area (Å²) in [4.78, 5) is 14.7. The minimum atomic E-state index is 0.0185. The lowest BCUT2D eigenvalue weighted by Crippen LogP contribution is -2.34. The van der Waals surface area contributed by atoms with Crippen molar-refractivity contribution >= 4 is 40.3 Å². The van der Waals surface area contributed by atoms with E-state index in [-0.39, 0.29) is 11.9 Å². The van der Waals surface area contributed by atoms with Crippen LogP contribution in [0.4, 0.5) is 0 Å². The first-order chi connectivity index (χ1) is 8.90. The number of hydrogen-bond acceptors (Lipinski definition) is 3. The van der Waals surface area contributed by atoms with Crippen LogP contribution in [0.5, 0.6) is 0 Å². The van der Waals surface area contributed by atoms with Crippen LogP contribution in [0.3, 0.4) is 0 Å². The van der Waals surface area contributed by atoms with Crippen molar-refractivity contribution in [2.45, 2.75) is 33.7 Å². The van der Waals surface area contributed by atoms with Crippen LogP contribution in [0.15, 0.2) is 23.1 Å². The molecule has 2 rings (SSSR count). The predicted molar refractivity (Wildman–Crippen MR) is 86.1 cm³/mol. The molecule has 0 aromatic heterocycles. The fraction of sp³-hybridized carbons (Fsp3) is 0.333. The highest BCUT2D eigenvalue weighted by atomic mass is 32.2. The van der Waals surface area contributed by atoms with Gasteiger partial charge in [-0.25, -0.2) is 0 Å². The number of thioether (sulfide) groups is 1. The third-order valence-electron chi connectivity index (χ3n) is 3.05. The first-order valence-corrected chi connectivity index (χ1v) is 7.47. The van der Waals surface area contributed by atoms with Crippen molar-refractivity contribution in [3.63, 3.8) is 0 Å². The van der Waals surface area contributed by atoms with Crippen LogP contribution in [-0.2, 0) is 4.79 Å². The van der Waals surface area contributed by atoms with E-state index in [2.05, 4.69) is 26.0 Å². The molecule has 0 N–H and O–H groups in total. The topological polar surface area (TPSA) is 20.3 Å². The molecule has 1 aromatic carbocycles. The van der Waals surface area contributed by atoms with Crippen LogP contribution in [0, 0.1) is 13.8 Å². The Morgan fingerprint density at radius 3 is 2.53 bits per heavy atom. The Bertz CT molecular complexity index is 576. The molecule has 0 atom stereocenters. The summed E-state index contributed by atoms with van der Waals surface area (Å²) in [6.07, 6.45) is 1.94. The highest BCUT2D eigenvalue weighted by molar-refractivity contribution is 8.26. The Morgan fingerprint density at radius 1 is 1.32 bits per heavy atom. The molecule has 1 aliphatic rings. The molecule has 1 aliphatic heterocycles. The van der Waals surface area contributed by atoms with Crippen LogP contribution in [0.2, 0.25) is 0 Å². The van der Waals surface area contributed by atoms with E-state index in [9.17, 15) is 4.79 Å². The van der Waals surface area contributed by atoms with E-state index in [1.54, 1.807) is 4.90 Å². The number of carbonyl (C=O) groups excluding carboxylic acids is 1. The van der Waals surface area contributed by atoms with E-state index in [1.807, 2.05) is 26.0 Å². The number of aryl methyl sites for hydroxylation is 2. The van der Waals surface area contributed by atoms with Crippen molar-refractivity contribution in [2.75, 3.05) is 0 Å². The Labute approximate surface area is 123 Å². The van der Waals surface area contributed by atoms with Gasteiger partial charge in [-0.2, -0.15) is 0 Å². The zero-order chi connectivity index (χ0) is 14.2. The van der Waals surface area contributed by atoms with E-state index in [0.29, 0.717) is 9.23 Å². The molecule has 4 heteroatoms. The molecule has 1 fully saturated rings. The van der Waals surface area contributed by atoms with E-state index in [1.165, 1.54) is 22.9 Å². The summed E-state index contributed by atoms with van der Waals surface area (Å²) in [5, 5.41) is 0. The molecule has 19 heavy (non-hydrogen) atoms. The summed E-state index contributed by atoms with van der Waals surface area (Å²) in [7, 11) is 0. The van der Waals surface area contributed by atoms with Gasteiger partial charge in [0.15, 0.2) is 0 Å². The quantitative estimate of drug-likeness (QED) is 0.608. The molecule has 1 amide bonds. The maximum absolute atomic E-state index is 12.3. The van der Waals surface area contributed by atoms with Crippen molar-refractivity contribution in [3.8, 4) is 0 Å². The highest BCUT2D eigenvalue weighted by Crippen LogP contribution is 2.34. The minimum absolute atomic E-state index is 0.0185. The molecule has 0 radical (unpaired) electrons. The van der Waals surface area contributed by atoms with Gasteiger partial charge in [0.2, 0.25) is 0 Å². The molecule has 2 nitrogen and oxygen atoms in total. The van der Waals surface area contributed by atoms with Gasteiger partial charge in [-0.05, 0) is 44.9 Å². The van der Waals surface area contributed by atoms with Crippen LogP contribution in [0.1, 0.15) is 30.5 Å². The summed E-state index contributed by atoms with van der Waals surface area (Å²) in [6, 6.07) is 6.33. The molecular weight excluding hydrogens is 274 g/mol. The van der Waals surface area contributed by atoms with Crippen molar-refractivity contribution < 1.29 is 4.79 Å². The van der Waals surface area contributed by atoms with Gasteiger partial charge in [0.05, 0.1) is 4.91 Å². The normalized spacial score (nSPS) is 17.9. The van der Waals surface area contributed by atoms with Gasteiger partial charge in [0.25, 0.3) is 5.91 Å². The van der Waals surface area contributed by atoms with E-state index >= 15 is 0 Å². The zero-order valence-corrected chi connectivity index (χ0v) is 13.2. The lowest BCUT2D eigenvalue weighted by Gasteiger charge is -2.18. The van der Waals surface area contributed by atoms with Gasteiger partial charge in [-0.1, -0.05) is 47.7 Å². The number of benzene rings is 1. The number of thiocarbonyl (C=S) groups is 1. The first-order valence-electron chi connectivity index (χ1n) is 6.24. The maximum Gasteiger partial charge on any atom is 0.266 e. The van der Waals surface area contributed by atoms with Gasteiger partial charge in [-0.15, -0.1) is 0 Å². The largest absolute Gasteiger partial charge is 0.290 e. The molecule has 0 saturated carbocycles. The zero-order valence-electron chi connectivity index (χ0n) is 11.6. The van der Waals surface area contributed by atoms with E-state index in [4.69, 9.17) is 12.2 Å². The van der Waals surface area contributed by atoms with E-state index < -0.39 is 0 Å². The van der Waals surface area contributed by atoms with Gasteiger partial charge >= 0.3 is 0 Å². The second-order valence-corrected chi connectivity index (χ2v) is 6.68. The molecule has 100 valence electrons. The lowest BCUT2D eigenvalue weighted by molar-refractivity contribution is -0.123. The summed E-state index contributed by atoms with van der Waals surface area (Å²) in [5.41, 5.74) is 3.48. The van der Waals surface area contributed by atoms with Crippen LogP contribution < -0.4 is 0 Å². The Hall–Kier alpha value is -1.13.